The van der Waals surface area contributed by atoms with Crippen LogP contribution in [0.4, 0.5) is 4.79 Å². The van der Waals surface area contributed by atoms with Crippen molar-refractivity contribution >= 4 is 18.0 Å². The summed E-state index contributed by atoms with van der Waals surface area (Å²) >= 11 is 0. The van der Waals surface area contributed by atoms with Crippen molar-refractivity contribution in [3.8, 4) is 11.1 Å². The van der Waals surface area contributed by atoms with E-state index in [4.69, 9.17) is 4.74 Å². The molecule has 2 N–H and O–H groups in total. The van der Waals surface area contributed by atoms with E-state index in [1.807, 2.05) is 36.4 Å². The van der Waals surface area contributed by atoms with Crippen LogP contribution in [0.1, 0.15) is 51.7 Å². The van der Waals surface area contributed by atoms with Crippen molar-refractivity contribution in [2.24, 2.45) is 5.41 Å². The predicted octanol–water partition coefficient (Wildman–Crippen LogP) is 4.26. The number of fused-ring (bicyclic) bond motifs is 3. The number of carboxylic acid groups (broad SMARTS) is 1. The van der Waals surface area contributed by atoms with Crippen LogP contribution in [0.3, 0.4) is 0 Å². The van der Waals surface area contributed by atoms with Crippen LogP contribution in [0.5, 0.6) is 0 Å². The highest BCUT2D eigenvalue weighted by atomic mass is 16.5. The Labute approximate surface area is 194 Å². The molecule has 0 spiro atoms. The lowest BCUT2D eigenvalue weighted by Gasteiger charge is -2.39. The van der Waals surface area contributed by atoms with Gasteiger partial charge in [-0.1, -0.05) is 48.5 Å². The molecule has 7 heteroatoms. The van der Waals surface area contributed by atoms with Crippen LogP contribution < -0.4 is 5.32 Å². The van der Waals surface area contributed by atoms with Gasteiger partial charge in [-0.15, -0.1) is 0 Å². The second-order valence-electron chi connectivity index (χ2n) is 10.0. The van der Waals surface area contributed by atoms with E-state index in [-0.39, 0.29) is 25.0 Å². The lowest BCUT2D eigenvalue weighted by molar-refractivity contribution is -0.153. The molecule has 0 aromatic heterocycles. The van der Waals surface area contributed by atoms with Crippen LogP contribution in [0.2, 0.25) is 0 Å². The zero-order valence-corrected chi connectivity index (χ0v) is 19.8. The van der Waals surface area contributed by atoms with Crippen LogP contribution in [0.15, 0.2) is 48.5 Å². The molecule has 0 fully saturated rings. The molecule has 1 aliphatic rings. The van der Waals surface area contributed by atoms with E-state index in [0.29, 0.717) is 0 Å². The van der Waals surface area contributed by atoms with E-state index < -0.39 is 29.6 Å². The first-order chi connectivity index (χ1) is 15.4. The number of amides is 2. The second-order valence-corrected chi connectivity index (χ2v) is 10.0. The van der Waals surface area contributed by atoms with Crippen molar-refractivity contribution in [1.82, 2.24) is 10.2 Å². The number of rotatable bonds is 7. The normalized spacial score (nSPS) is 13.1. The highest BCUT2D eigenvalue weighted by Crippen LogP contribution is 2.44. The molecule has 0 saturated heterocycles. The SMILES string of the molecule is CC(C)(CNC(=O)OCC1c2ccccc2-c2ccccc21)C(=O)N(CC(=O)O)C(C)(C)C. The summed E-state index contributed by atoms with van der Waals surface area (Å²) in [6.45, 7) is 8.50. The summed E-state index contributed by atoms with van der Waals surface area (Å²) in [6, 6.07) is 16.2. The molecule has 0 radical (unpaired) electrons. The standard InChI is InChI=1S/C26H32N2O5/c1-25(2,3)28(14-22(29)30)23(31)26(4,5)16-27-24(32)33-15-21-19-12-8-6-10-17(19)18-11-7-9-13-20(18)21/h6-13,21H,14-16H2,1-5H3,(H,27,32)(H,29,30). The summed E-state index contributed by atoms with van der Waals surface area (Å²) in [7, 11) is 0. The van der Waals surface area contributed by atoms with Crippen LogP contribution >= 0.6 is 0 Å². The fourth-order valence-electron chi connectivity index (χ4n) is 4.13. The Bertz CT molecular complexity index is 1010. The minimum atomic E-state index is -1.08. The minimum Gasteiger partial charge on any atom is -0.480 e. The van der Waals surface area contributed by atoms with E-state index in [1.54, 1.807) is 34.6 Å². The van der Waals surface area contributed by atoms with Crippen molar-refractivity contribution in [1.29, 1.82) is 0 Å². The highest BCUT2D eigenvalue weighted by molar-refractivity contribution is 5.86. The first-order valence-corrected chi connectivity index (χ1v) is 11.0. The first kappa shape index (κ1) is 24.3. The van der Waals surface area contributed by atoms with Gasteiger partial charge in [0, 0.05) is 18.0 Å². The number of carbonyl (C=O) groups excluding carboxylic acids is 2. The van der Waals surface area contributed by atoms with Crippen LogP contribution in [0.25, 0.3) is 11.1 Å². The molecule has 0 heterocycles. The van der Waals surface area contributed by atoms with Crippen molar-refractivity contribution in [2.75, 3.05) is 19.7 Å². The summed E-state index contributed by atoms with van der Waals surface area (Å²) in [5.74, 6) is -1.49. The maximum absolute atomic E-state index is 13.1. The Morgan fingerprint density at radius 1 is 0.939 bits per heavy atom. The van der Waals surface area contributed by atoms with Gasteiger partial charge in [0.25, 0.3) is 0 Å². The number of alkyl carbamates (subject to hydrolysis) is 1. The van der Waals surface area contributed by atoms with Crippen molar-refractivity contribution in [3.05, 3.63) is 59.7 Å². The van der Waals surface area contributed by atoms with Gasteiger partial charge in [0.1, 0.15) is 13.2 Å². The van der Waals surface area contributed by atoms with Gasteiger partial charge in [-0.3, -0.25) is 9.59 Å². The van der Waals surface area contributed by atoms with Gasteiger partial charge >= 0.3 is 12.1 Å². The first-order valence-electron chi connectivity index (χ1n) is 11.0. The molecule has 0 atom stereocenters. The Hall–Kier alpha value is -3.35. The number of hydrogen-bond donors (Lipinski definition) is 2. The third kappa shape index (κ3) is 5.35. The highest BCUT2D eigenvalue weighted by Gasteiger charge is 2.38. The van der Waals surface area contributed by atoms with Crippen LogP contribution in [-0.2, 0) is 14.3 Å². The molecular formula is C26H32N2O5. The van der Waals surface area contributed by atoms with Gasteiger partial charge in [-0.05, 0) is 56.9 Å². The fourth-order valence-corrected chi connectivity index (χ4v) is 4.13. The molecule has 7 nitrogen and oxygen atoms in total. The van der Waals surface area contributed by atoms with Crippen LogP contribution in [0, 0.1) is 5.41 Å². The largest absolute Gasteiger partial charge is 0.480 e. The van der Waals surface area contributed by atoms with E-state index in [1.165, 1.54) is 4.90 Å². The molecule has 0 aliphatic heterocycles. The number of benzene rings is 2. The average Bonchev–Trinajstić information content (AvgIpc) is 3.07. The zero-order valence-electron chi connectivity index (χ0n) is 19.8. The maximum Gasteiger partial charge on any atom is 0.407 e. The van der Waals surface area contributed by atoms with E-state index in [0.717, 1.165) is 22.3 Å². The Morgan fingerprint density at radius 2 is 1.45 bits per heavy atom. The molecule has 1 aliphatic carbocycles. The number of hydrogen-bond acceptors (Lipinski definition) is 4. The van der Waals surface area contributed by atoms with E-state index >= 15 is 0 Å². The molecule has 33 heavy (non-hydrogen) atoms. The molecule has 176 valence electrons. The monoisotopic (exact) mass is 452 g/mol. The van der Waals surface area contributed by atoms with Crippen LogP contribution in [-0.4, -0.2) is 53.2 Å². The molecule has 2 aromatic carbocycles. The molecule has 0 saturated carbocycles. The van der Waals surface area contributed by atoms with E-state index in [9.17, 15) is 19.5 Å². The van der Waals surface area contributed by atoms with Gasteiger partial charge in [-0.25, -0.2) is 4.79 Å². The van der Waals surface area contributed by atoms with Gasteiger partial charge in [0.05, 0.1) is 5.41 Å². The second kappa shape index (κ2) is 9.25. The number of ether oxygens (including phenoxy) is 1. The third-order valence-corrected chi connectivity index (χ3v) is 5.95. The predicted molar refractivity (Wildman–Crippen MR) is 126 cm³/mol. The minimum absolute atomic E-state index is 0.0225. The summed E-state index contributed by atoms with van der Waals surface area (Å²) in [5, 5.41) is 11.9. The molecule has 3 rings (SSSR count). The molecular weight excluding hydrogens is 420 g/mol. The molecule has 2 aromatic rings. The van der Waals surface area contributed by atoms with Crippen molar-refractivity contribution in [2.45, 2.75) is 46.1 Å². The quantitative estimate of drug-likeness (QED) is 0.654. The Morgan fingerprint density at radius 3 is 1.94 bits per heavy atom. The summed E-state index contributed by atoms with van der Waals surface area (Å²) in [6.07, 6.45) is -0.613. The van der Waals surface area contributed by atoms with Gasteiger partial charge in [-0.2, -0.15) is 0 Å². The number of nitrogens with one attached hydrogen (secondary N) is 1. The summed E-state index contributed by atoms with van der Waals surface area (Å²) in [5.41, 5.74) is 2.86. The smallest absolute Gasteiger partial charge is 0.407 e. The number of nitrogens with zero attached hydrogens (tertiary/aromatic N) is 1. The van der Waals surface area contributed by atoms with Gasteiger partial charge < -0.3 is 20.1 Å². The maximum atomic E-state index is 13.1. The third-order valence-electron chi connectivity index (χ3n) is 5.95. The van der Waals surface area contributed by atoms with Gasteiger partial charge in [0.2, 0.25) is 5.91 Å². The summed E-state index contributed by atoms with van der Waals surface area (Å²) < 4.78 is 5.54. The number of carboxylic acids is 1. The Kier molecular flexibility index (Phi) is 6.81. The summed E-state index contributed by atoms with van der Waals surface area (Å²) in [4.78, 5) is 38.1. The number of carbonyl (C=O) groups is 3. The molecule has 2 amide bonds. The van der Waals surface area contributed by atoms with E-state index in [2.05, 4.69) is 17.4 Å². The Balaban J connectivity index is 1.62. The zero-order chi connectivity index (χ0) is 24.4. The fraction of sp³-hybridized carbons (Fsp3) is 0.423. The average molecular weight is 453 g/mol. The van der Waals surface area contributed by atoms with Crippen molar-refractivity contribution in [3.63, 3.8) is 0 Å². The molecule has 0 unspecified atom stereocenters. The number of aliphatic carboxylic acids is 1. The topological polar surface area (TPSA) is 95.9 Å². The van der Waals surface area contributed by atoms with Gasteiger partial charge in [0.15, 0.2) is 0 Å². The lowest BCUT2D eigenvalue weighted by Crippen LogP contribution is -2.55. The van der Waals surface area contributed by atoms with Crippen molar-refractivity contribution < 1.29 is 24.2 Å². The lowest BCUT2D eigenvalue weighted by atomic mass is 9.89. The molecule has 0 bridgehead atoms.